The first-order valence-corrected chi connectivity index (χ1v) is 8.25. The minimum atomic E-state index is -0.228. The molecule has 0 aliphatic rings. The van der Waals surface area contributed by atoms with Crippen LogP contribution in [-0.2, 0) is 6.42 Å². The molecule has 4 heteroatoms. The Balaban J connectivity index is 2.16. The van der Waals surface area contributed by atoms with Crippen LogP contribution in [0.3, 0.4) is 0 Å². The number of nitrogens with two attached hydrogens (primary N) is 1. The number of hydrogen-bond donors (Lipinski definition) is 2. The van der Waals surface area contributed by atoms with Crippen molar-refractivity contribution in [2.75, 3.05) is 6.54 Å². The van der Waals surface area contributed by atoms with Gasteiger partial charge in [0.25, 0.3) is 0 Å². The number of H-pyrrole nitrogens is 1. The molecule has 0 saturated carbocycles. The van der Waals surface area contributed by atoms with E-state index in [1.807, 2.05) is 25.1 Å². The SMILES string of the molecule is Cc1c(Cl)ccc2c(CCCCN)c(-c3ccc(F)cc3)[nH]c12. The zero-order valence-electron chi connectivity index (χ0n) is 13.1. The molecule has 1 heterocycles. The van der Waals surface area contributed by atoms with Crippen molar-refractivity contribution in [1.29, 1.82) is 0 Å². The number of unbranched alkanes of at least 4 members (excludes halogenated alkanes) is 1. The minimum Gasteiger partial charge on any atom is -0.354 e. The van der Waals surface area contributed by atoms with Crippen molar-refractivity contribution in [2.24, 2.45) is 5.73 Å². The van der Waals surface area contributed by atoms with Gasteiger partial charge in [-0.05, 0) is 79.8 Å². The smallest absolute Gasteiger partial charge is 0.123 e. The van der Waals surface area contributed by atoms with Gasteiger partial charge < -0.3 is 10.7 Å². The van der Waals surface area contributed by atoms with E-state index < -0.39 is 0 Å². The molecule has 0 saturated heterocycles. The summed E-state index contributed by atoms with van der Waals surface area (Å²) in [6.07, 6.45) is 2.95. The Morgan fingerprint density at radius 3 is 2.52 bits per heavy atom. The fourth-order valence-electron chi connectivity index (χ4n) is 3.00. The quantitative estimate of drug-likeness (QED) is 0.619. The molecule has 0 bridgehead atoms. The Labute approximate surface area is 140 Å². The summed E-state index contributed by atoms with van der Waals surface area (Å²) < 4.78 is 13.2. The second-order valence-corrected chi connectivity index (χ2v) is 6.23. The zero-order chi connectivity index (χ0) is 16.4. The van der Waals surface area contributed by atoms with Crippen molar-refractivity contribution < 1.29 is 4.39 Å². The Morgan fingerprint density at radius 1 is 1.09 bits per heavy atom. The molecule has 0 spiro atoms. The number of nitrogens with one attached hydrogen (secondary N) is 1. The normalized spacial score (nSPS) is 11.3. The number of fused-ring (bicyclic) bond motifs is 1. The average molecular weight is 331 g/mol. The second kappa shape index (κ2) is 6.73. The molecule has 0 atom stereocenters. The van der Waals surface area contributed by atoms with E-state index in [1.54, 1.807) is 0 Å². The van der Waals surface area contributed by atoms with Gasteiger partial charge in [0.1, 0.15) is 5.82 Å². The maximum atomic E-state index is 13.2. The minimum absolute atomic E-state index is 0.228. The second-order valence-electron chi connectivity index (χ2n) is 5.83. The molecule has 23 heavy (non-hydrogen) atoms. The summed E-state index contributed by atoms with van der Waals surface area (Å²) >= 11 is 6.26. The van der Waals surface area contributed by atoms with E-state index in [2.05, 4.69) is 11.1 Å². The number of aryl methyl sites for hydroxylation is 2. The number of hydrogen-bond acceptors (Lipinski definition) is 1. The third kappa shape index (κ3) is 3.12. The highest BCUT2D eigenvalue weighted by molar-refractivity contribution is 6.32. The molecule has 0 amide bonds. The highest BCUT2D eigenvalue weighted by atomic mass is 35.5. The standard InChI is InChI=1S/C19H20ClFN2/c1-12-17(20)10-9-16-15(4-2-3-11-22)19(23-18(12)16)13-5-7-14(21)8-6-13/h5-10,23H,2-4,11,22H2,1H3. The Morgan fingerprint density at radius 2 is 1.83 bits per heavy atom. The molecule has 0 unspecified atom stereocenters. The third-order valence-electron chi connectivity index (χ3n) is 4.29. The van der Waals surface area contributed by atoms with Gasteiger partial charge in [0.05, 0.1) is 5.52 Å². The van der Waals surface area contributed by atoms with E-state index in [4.69, 9.17) is 17.3 Å². The fourth-order valence-corrected chi connectivity index (χ4v) is 3.16. The summed E-state index contributed by atoms with van der Waals surface area (Å²) in [6.45, 7) is 2.71. The number of aromatic amines is 1. The van der Waals surface area contributed by atoms with E-state index in [9.17, 15) is 4.39 Å². The Hall–Kier alpha value is -1.84. The predicted molar refractivity (Wildman–Crippen MR) is 95.4 cm³/mol. The molecule has 0 aliphatic heterocycles. The van der Waals surface area contributed by atoms with Crippen molar-refractivity contribution in [3.8, 4) is 11.3 Å². The maximum Gasteiger partial charge on any atom is 0.123 e. The van der Waals surface area contributed by atoms with E-state index in [0.29, 0.717) is 6.54 Å². The Kier molecular flexibility index (Phi) is 4.69. The summed E-state index contributed by atoms with van der Waals surface area (Å²) in [4.78, 5) is 3.50. The molecular weight excluding hydrogens is 311 g/mol. The first-order chi connectivity index (χ1) is 11.1. The third-order valence-corrected chi connectivity index (χ3v) is 4.70. The topological polar surface area (TPSA) is 41.8 Å². The fraction of sp³-hybridized carbons (Fsp3) is 0.263. The molecule has 120 valence electrons. The summed E-state index contributed by atoms with van der Waals surface area (Å²) in [5, 5.41) is 1.93. The van der Waals surface area contributed by atoms with Crippen LogP contribution in [0.1, 0.15) is 24.0 Å². The molecule has 3 N–H and O–H groups in total. The van der Waals surface area contributed by atoms with Crippen molar-refractivity contribution >= 4 is 22.5 Å². The van der Waals surface area contributed by atoms with Crippen molar-refractivity contribution in [3.05, 3.63) is 58.4 Å². The molecule has 3 rings (SSSR count). The first-order valence-electron chi connectivity index (χ1n) is 7.87. The van der Waals surface area contributed by atoms with Crippen molar-refractivity contribution in [3.63, 3.8) is 0 Å². The van der Waals surface area contributed by atoms with Gasteiger partial charge in [-0.25, -0.2) is 4.39 Å². The molecule has 0 aliphatic carbocycles. The molecule has 2 aromatic carbocycles. The molecule has 3 aromatic rings. The van der Waals surface area contributed by atoms with Gasteiger partial charge in [-0.15, -0.1) is 0 Å². The number of rotatable bonds is 5. The first kappa shape index (κ1) is 16.0. The van der Waals surface area contributed by atoms with Gasteiger partial charge in [-0.3, -0.25) is 0 Å². The van der Waals surface area contributed by atoms with Gasteiger partial charge in [-0.1, -0.05) is 17.7 Å². The van der Waals surface area contributed by atoms with Crippen LogP contribution in [0, 0.1) is 12.7 Å². The van der Waals surface area contributed by atoms with Crippen LogP contribution in [0.15, 0.2) is 36.4 Å². The van der Waals surface area contributed by atoms with E-state index in [0.717, 1.165) is 46.6 Å². The lowest BCUT2D eigenvalue weighted by Gasteiger charge is -2.05. The van der Waals surface area contributed by atoms with E-state index >= 15 is 0 Å². The average Bonchev–Trinajstić information content (AvgIpc) is 2.91. The monoisotopic (exact) mass is 330 g/mol. The summed E-state index contributed by atoms with van der Waals surface area (Å²) in [5.74, 6) is -0.228. The number of benzene rings is 2. The summed E-state index contributed by atoms with van der Waals surface area (Å²) in [7, 11) is 0. The van der Waals surface area contributed by atoms with Crippen LogP contribution in [0.5, 0.6) is 0 Å². The van der Waals surface area contributed by atoms with Crippen LogP contribution in [0.4, 0.5) is 4.39 Å². The van der Waals surface area contributed by atoms with Crippen LogP contribution in [0.25, 0.3) is 22.2 Å². The van der Waals surface area contributed by atoms with Crippen LogP contribution in [-0.4, -0.2) is 11.5 Å². The van der Waals surface area contributed by atoms with Gasteiger partial charge >= 0.3 is 0 Å². The van der Waals surface area contributed by atoms with Crippen LogP contribution >= 0.6 is 11.6 Å². The lowest BCUT2D eigenvalue weighted by atomic mass is 9.99. The van der Waals surface area contributed by atoms with Crippen molar-refractivity contribution in [2.45, 2.75) is 26.2 Å². The van der Waals surface area contributed by atoms with Gasteiger partial charge in [0, 0.05) is 16.1 Å². The summed E-state index contributed by atoms with van der Waals surface area (Å²) in [6, 6.07) is 10.6. The van der Waals surface area contributed by atoms with E-state index in [-0.39, 0.29) is 5.82 Å². The molecule has 1 aromatic heterocycles. The largest absolute Gasteiger partial charge is 0.354 e. The van der Waals surface area contributed by atoms with E-state index in [1.165, 1.54) is 23.1 Å². The molecule has 2 nitrogen and oxygen atoms in total. The molecule has 0 fully saturated rings. The maximum absolute atomic E-state index is 13.2. The Bertz CT molecular complexity index is 821. The number of aromatic nitrogens is 1. The molecular formula is C19H20ClFN2. The zero-order valence-corrected chi connectivity index (χ0v) is 13.9. The lowest BCUT2D eigenvalue weighted by molar-refractivity contribution is 0.628. The summed E-state index contributed by atoms with van der Waals surface area (Å²) in [5.41, 5.74) is 11.0. The van der Waals surface area contributed by atoms with Gasteiger partial charge in [0.2, 0.25) is 0 Å². The van der Waals surface area contributed by atoms with Crippen LogP contribution < -0.4 is 5.73 Å². The predicted octanol–water partition coefficient (Wildman–Crippen LogP) is 5.22. The number of halogens is 2. The highest BCUT2D eigenvalue weighted by Gasteiger charge is 2.15. The lowest BCUT2D eigenvalue weighted by Crippen LogP contribution is -1.99. The molecule has 0 radical (unpaired) electrons. The van der Waals surface area contributed by atoms with Gasteiger partial charge in [0.15, 0.2) is 0 Å². The van der Waals surface area contributed by atoms with Crippen molar-refractivity contribution in [1.82, 2.24) is 4.98 Å². The van der Waals surface area contributed by atoms with Crippen LogP contribution in [0.2, 0.25) is 5.02 Å². The highest BCUT2D eigenvalue weighted by Crippen LogP contribution is 2.35. The van der Waals surface area contributed by atoms with Gasteiger partial charge in [-0.2, -0.15) is 0 Å².